The first-order chi connectivity index (χ1) is 5.77. The van der Waals surface area contributed by atoms with Crippen molar-refractivity contribution in [1.82, 2.24) is 0 Å². The lowest BCUT2D eigenvalue weighted by Gasteiger charge is -2.07. The van der Waals surface area contributed by atoms with E-state index in [0.29, 0.717) is 0 Å². The smallest absolute Gasteiger partial charge is 0.0681 e. The van der Waals surface area contributed by atoms with E-state index in [9.17, 15) is 0 Å². The van der Waals surface area contributed by atoms with Gasteiger partial charge in [-0.1, -0.05) is 31.2 Å². The Bertz CT molecular complexity index is 228. The van der Waals surface area contributed by atoms with E-state index in [-0.39, 0.29) is 19.1 Å². The Morgan fingerprint density at radius 1 is 1.17 bits per heavy atom. The highest BCUT2D eigenvalue weighted by Crippen LogP contribution is 2.14. The molecular formula is C10H14O2. The highest BCUT2D eigenvalue weighted by atomic mass is 16.3. The van der Waals surface area contributed by atoms with Gasteiger partial charge in [-0.05, 0) is 11.1 Å². The van der Waals surface area contributed by atoms with Crippen molar-refractivity contribution in [3.63, 3.8) is 0 Å². The minimum Gasteiger partial charge on any atom is -0.396 e. The van der Waals surface area contributed by atoms with Crippen LogP contribution in [0.3, 0.4) is 0 Å². The third-order valence-electron chi connectivity index (χ3n) is 2.01. The minimum absolute atomic E-state index is 0.0772. The molecule has 0 spiro atoms. The van der Waals surface area contributed by atoms with Crippen LogP contribution in [0.25, 0.3) is 0 Å². The molecule has 0 radical (unpaired) electrons. The fourth-order valence-corrected chi connectivity index (χ4v) is 1.06. The van der Waals surface area contributed by atoms with Crippen molar-refractivity contribution in [2.24, 2.45) is 0 Å². The van der Waals surface area contributed by atoms with Crippen LogP contribution in [0.15, 0.2) is 24.3 Å². The summed E-state index contributed by atoms with van der Waals surface area (Å²) in [5.41, 5.74) is 2.01. The molecule has 0 unspecified atom stereocenters. The van der Waals surface area contributed by atoms with Crippen molar-refractivity contribution >= 4 is 0 Å². The lowest BCUT2D eigenvalue weighted by atomic mass is 10.0. The van der Waals surface area contributed by atoms with Gasteiger partial charge in [0.2, 0.25) is 0 Å². The summed E-state index contributed by atoms with van der Waals surface area (Å²) in [5, 5.41) is 17.6. The summed E-state index contributed by atoms with van der Waals surface area (Å²) >= 11 is 0. The zero-order chi connectivity index (χ0) is 8.97. The van der Waals surface area contributed by atoms with Crippen LogP contribution in [-0.4, -0.2) is 16.8 Å². The molecule has 1 aromatic rings. The molecule has 1 aromatic carbocycles. The number of aliphatic hydroxyl groups is 2. The zero-order valence-electron chi connectivity index (χ0n) is 7.20. The van der Waals surface area contributed by atoms with Gasteiger partial charge in [0.25, 0.3) is 0 Å². The second-order valence-corrected chi connectivity index (χ2v) is 2.98. The summed E-state index contributed by atoms with van der Waals surface area (Å²) in [6.45, 7) is 2.21. The molecule has 1 atom stereocenters. The molecule has 0 saturated carbocycles. The molecule has 66 valence electrons. The molecule has 0 saturated heterocycles. The van der Waals surface area contributed by atoms with E-state index in [0.717, 1.165) is 11.1 Å². The molecule has 0 fully saturated rings. The quantitative estimate of drug-likeness (QED) is 0.710. The maximum atomic E-state index is 8.87. The third-order valence-corrected chi connectivity index (χ3v) is 2.01. The van der Waals surface area contributed by atoms with Crippen LogP contribution >= 0.6 is 0 Å². The second kappa shape index (κ2) is 4.24. The molecule has 0 aliphatic heterocycles. The largest absolute Gasteiger partial charge is 0.396 e. The highest BCUT2D eigenvalue weighted by molar-refractivity contribution is 5.24. The lowest BCUT2D eigenvalue weighted by molar-refractivity contribution is 0.272. The molecular weight excluding hydrogens is 152 g/mol. The first-order valence-electron chi connectivity index (χ1n) is 4.08. The van der Waals surface area contributed by atoms with E-state index in [1.54, 1.807) is 0 Å². The van der Waals surface area contributed by atoms with Gasteiger partial charge in [0.1, 0.15) is 0 Å². The first kappa shape index (κ1) is 9.23. The molecule has 1 rings (SSSR count). The van der Waals surface area contributed by atoms with Gasteiger partial charge in [-0.3, -0.25) is 0 Å². The predicted molar refractivity (Wildman–Crippen MR) is 47.9 cm³/mol. The van der Waals surface area contributed by atoms with Crippen molar-refractivity contribution in [1.29, 1.82) is 0 Å². The van der Waals surface area contributed by atoms with Gasteiger partial charge in [-0.2, -0.15) is 0 Å². The van der Waals surface area contributed by atoms with Crippen molar-refractivity contribution in [2.75, 3.05) is 6.61 Å². The Kier molecular flexibility index (Phi) is 3.26. The van der Waals surface area contributed by atoms with Crippen molar-refractivity contribution in [2.45, 2.75) is 19.4 Å². The number of benzene rings is 1. The van der Waals surface area contributed by atoms with E-state index in [1.165, 1.54) is 0 Å². The fraction of sp³-hybridized carbons (Fsp3) is 0.400. The summed E-state index contributed by atoms with van der Waals surface area (Å²) in [6.07, 6.45) is 0. The minimum atomic E-state index is 0.0772. The normalized spacial score (nSPS) is 12.9. The summed E-state index contributed by atoms with van der Waals surface area (Å²) in [5.74, 6) is 0.178. The predicted octanol–water partition coefficient (Wildman–Crippen LogP) is 1.27. The molecule has 0 aliphatic carbocycles. The van der Waals surface area contributed by atoms with Crippen molar-refractivity contribution < 1.29 is 10.2 Å². The number of aliphatic hydroxyl groups excluding tert-OH is 2. The summed E-state index contributed by atoms with van der Waals surface area (Å²) in [4.78, 5) is 0. The Balaban J connectivity index is 2.77. The monoisotopic (exact) mass is 166 g/mol. The first-order valence-corrected chi connectivity index (χ1v) is 4.08. The van der Waals surface area contributed by atoms with E-state index in [1.807, 2.05) is 31.2 Å². The highest BCUT2D eigenvalue weighted by Gasteiger charge is 2.02. The van der Waals surface area contributed by atoms with Gasteiger partial charge in [-0.25, -0.2) is 0 Å². The van der Waals surface area contributed by atoms with Crippen molar-refractivity contribution in [3.8, 4) is 0 Å². The van der Waals surface area contributed by atoms with E-state index in [2.05, 4.69) is 0 Å². The van der Waals surface area contributed by atoms with Crippen LogP contribution in [0.5, 0.6) is 0 Å². The van der Waals surface area contributed by atoms with Gasteiger partial charge in [0, 0.05) is 12.5 Å². The summed E-state index contributed by atoms with van der Waals surface area (Å²) in [7, 11) is 0. The van der Waals surface area contributed by atoms with E-state index < -0.39 is 0 Å². The molecule has 2 nitrogen and oxygen atoms in total. The molecule has 0 bridgehead atoms. The lowest BCUT2D eigenvalue weighted by Crippen LogP contribution is -1.98. The van der Waals surface area contributed by atoms with E-state index >= 15 is 0 Å². The third kappa shape index (κ3) is 2.06. The van der Waals surface area contributed by atoms with Crippen LogP contribution < -0.4 is 0 Å². The van der Waals surface area contributed by atoms with Crippen LogP contribution in [0, 0.1) is 0 Å². The second-order valence-electron chi connectivity index (χ2n) is 2.98. The standard InChI is InChI=1S/C10H14O2/c1-8(6-11)10-4-2-9(7-12)3-5-10/h2-5,8,11-12H,6-7H2,1H3/t8-/m1/s1. The Hall–Kier alpha value is -0.860. The van der Waals surface area contributed by atoms with Gasteiger partial charge >= 0.3 is 0 Å². The van der Waals surface area contributed by atoms with Crippen LogP contribution in [0.1, 0.15) is 24.0 Å². The molecule has 2 heteroatoms. The topological polar surface area (TPSA) is 40.5 Å². The Labute approximate surface area is 72.5 Å². The summed E-state index contributed by atoms with van der Waals surface area (Å²) in [6, 6.07) is 7.63. The SMILES string of the molecule is C[C@H](CO)c1ccc(CO)cc1. The molecule has 0 aromatic heterocycles. The fourth-order valence-electron chi connectivity index (χ4n) is 1.06. The molecule has 0 heterocycles. The van der Waals surface area contributed by atoms with Crippen LogP contribution in [0.4, 0.5) is 0 Å². The van der Waals surface area contributed by atoms with Crippen LogP contribution in [0.2, 0.25) is 0 Å². The van der Waals surface area contributed by atoms with Gasteiger partial charge in [0.15, 0.2) is 0 Å². The molecule has 0 amide bonds. The van der Waals surface area contributed by atoms with E-state index in [4.69, 9.17) is 10.2 Å². The van der Waals surface area contributed by atoms with Gasteiger partial charge in [0.05, 0.1) is 6.61 Å². The Morgan fingerprint density at radius 2 is 1.75 bits per heavy atom. The molecule has 0 aliphatic rings. The average molecular weight is 166 g/mol. The molecule has 12 heavy (non-hydrogen) atoms. The van der Waals surface area contributed by atoms with Gasteiger partial charge in [-0.15, -0.1) is 0 Å². The maximum Gasteiger partial charge on any atom is 0.0681 e. The van der Waals surface area contributed by atoms with Crippen molar-refractivity contribution in [3.05, 3.63) is 35.4 Å². The molecule has 2 N–H and O–H groups in total. The number of hydrogen-bond acceptors (Lipinski definition) is 2. The number of hydrogen-bond donors (Lipinski definition) is 2. The summed E-state index contributed by atoms with van der Waals surface area (Å²) < 4.78 is 0. The Morgan fingerprint density at radius 3 is 2.17 bits per heavy atom. The number of rotatable bonds is 3. The maximum absolute atomic E-state index is 8.87. The van der Waals surface area contributed by atoms with Crippen LogP contribution in [-0.2, 0) is 6.61 Å². The average Bonchev–Trinajstić information content (AvgIpc) is 2.17. The van der Waals surface area contributed by atoms with Gasteiger partial charge < -0.3 is 10.2 Å². The zero-order valence-corrected chi connectivity index (χ0v) is 7.20.